The maximum Gasteiger partial charge on any atom is 0.252 e. The average molecular weight is 291 g/mol. The van der Waals surface area contributed by atoms with E-state index in [1.54, 1.807) is 18.2 Å². The third-order valence-electron chi connectivity index (χ3n) is 2.27. The lowest BCUT2D eigenvalue weighted by Crippen LogP contribution is -2.23. The first-order chi connectivity index (χ1) is 8.58. The molecule has 18 heavy (non-hydrogen) atoms. The van der Waals surface area contributed by atoms with E-state index in [9.17, 15) is 9.90 Å². The summed E-state index contributed by atoms with van der Waals surface area (Å²) in [5.74, 6) is -0.0348. The number of halogens is 2. The maximum absolute atomic E-state index is 11.6. The van der Waals surface area contributed by atoms with Gasteiger partial charge in [-0.05, 0) is 25.1 Å². The van der Waals surface area contributed by atoms with Crippen molar-refractivity contribution in [1.29, 1.82) is 0 Å². The monoisotopic (exact) mass is 290 g/mol. The van der Waals surface area contributed by atoms with Gasteiger partial charge in [0.2, 0.25) is 0 Å². The molecule has 0 saturated carbocycles. The van der Waals surface area contributed by atoms with E-state index in [0.717, 1.165) is 5.69 Å². The van der Waals surface area contributed by atoms with E-state index in [4.69, 9.17) is 23.2 Å². The van der Waals surface area contributed by atoms with Gasteiger partial charge >= 0.3 is 0 Å². The molecule has 1 aromatic carbocycles. The Labute approximate surface area is 116 Å². The predicted octanol–water partition coefficient (Wildman–Crippen LogP) is 2.10. The Hall–Kier alpha value is -0.970. The molecule has 1 unspecified atom stereocenters. The average Bonchev–Trinajstić information content (AvgIpc) is 2.36. The van der Waals surface area contributed by atoms with E-state index < -0.39 is 6.10 Å². The SMILES string of the molecule is CCNC(=O)c1ccc(NCC(O)CCl)cc1Cl. The van der Waals surface area contributed by atoms with Crippen LogP contribution in [-0.4, -0.2) is 36.1 Å². The van der Waals surface area contributed by atoms with Gasteiger partial charge in [-0.15, -0.1) is 11.6 Å². The third-order valence-corrected chi connectivity index (χ3v) is 2.94. The molecule has 0 aliphatic carbocycles. The molecule has 4 nitrogen and oxygen atoms in total. The van der Waals surface area contributed by atoms with Gasteiger partial charge in [0.15, 0.2) is 0 Å². The summed E-state index contributed by atoms with van der Waals surface area (Å²) in [5.41, 5.74) is 1.17. The Balaban J connectivity index is 2.70. The van der Waals surface area contributed by atoms with Crippen LogP contribution in [0.5, 0.6) is 0 Å². The van der Waals surface area contributed by atoms with Crippen molar-refractivity contribution in [2.75, 3.05) is 24.3 Å². The van der Waals surface area contributed by atoms with Crippen LogP contribution in [0.1, 0.15) is 17.3 Å². The van der Waals surface area contributed by atoms with E-state index in [0.29, 0.717) is 23.7 Å². The van der Waals surface area contributed by atoms with Crippen molar-refractivity contribution in [3.63, 3.8) is 0 Å². The van der Waals surface area contributed by atoms with Crippen LogP contribution in [0, 0.1) is 0 Å². The summed E-state index contributed by atoms with van der Waals surface area (Å²) in [4.78, 5) is 11.6. The summed E-state index contributed by atoms with van der Waals surface area (Å²) in [7, 11) is 0. The molecule has 0 heterocycles. The number of carbonyl (C=O) groups is 1. The van der Waals surface area contributed by atoms with Crippen LogP contribution in [0.15, 0.2) is 18.2 Å². The number of aliphatic hydroxyl groups is 1. The smallest absolute Gasteiger partial charge is 0.252 e. The first-order valence-corrected chi connectivity index (χ1v) is 6.55. The second-order valence-corrected chi connectivity index (χ2v) is 4.46. The van der Waals surface area contributed by atoms with Gasteiger partial charge in [0.05, 0.1) is 22.6 Å². The van der Waals surface area contributed by atoms with Crippen molar-refractivity contribution in [3.8, 4) is 0 Å². The topological polar surface area (TPSA) is 61.4 Å². The summed E-state index contributed by atoms with van der Waals surface area (Å²) in [5, 5.41) is 15.3. The van der Waals surface area contributed by atoms with Gasteiger partial charge in [0, 0.05) is 18.8 Å². The lowest BCUT2D eigenvalue weighted by atomic mass is 10.2. The number of amides is 1. The molecule has 0 radical (unpaired) electrons. The normalized spacial score (nSPS) is 12.0. The highest BCUT2D eigenvalue weighted by Crippen LogP contribution is 2.21. The molecule has 0 aromatic heterocycles. The summed E-state index contributed by atoms with van der Waals surface area (Å²) in [6.07, 6.45) is -0.617. The molecule has 1 aromatic rings. The number of carbonyl (C=O) groups excluding carboxylic acids is 1. The first-order valence-electron chi connectivity index (χ1n) is 5.64. The molecule has 0 fully saturated rings. The van der Waals surface area contributed by atoms with Gasteiger partial charge in [0.25, 0.3) is 5.91 Å². The molecular weight excluding hydrogens is 275 g/mol. The van der Waals surface area contributed by atoms with Crippen molar-refractivity contribution in [3.05, 3.63) is 28.8 Å². The molecule has 6 heteroatoms. The van der Waals surface area contributed by atoms with Crippen molar-refractivity contribution < 1.29 is 9.90 Å². The number of aliphatic hydroxyl groups excluding tert-OH is 1. The quantitative estimate of drug-likeness (QED) is 0.703. The molecule has 1 rings (SSSR count). The summed E-state index contributed by atoms with van der Waals surface area (Å²) >= 11 is 11.5. The van der Waals surface area contributed by atoms with Crippen molar-refractivity contribution in [2.45, 2.75) is 13.0 Å². The van der Waals surface area contributed by atoms with E-state index in [-0.39, 0.29) is 11.8 Å². The zero-order chi connectivity index (χ0) is 13.5. The van der Waals surface area contributed by atoms with E-state index in [1.165, 1.54) is 0 Å². The highest BCUT2D eigenvalue weighted by Gasteiger charge is 2.10. The van der Waals surface area contributed by atoms with Crippen LogP contribution in [0.2, 0.25) is 5.02 Å². The minimum Gasteiger partial charge on any atom is -0.390 e. The largest absolute Gasteiger partial charge is 0.390 e. The fraction of sp³-hybridized carbons (Fsp3) is 0.417. The molecule has 1 atom stereocenters. The molecule has 0 aliphatic rings. The molecule has 0 saturated heterocycles. The summed E-state index contributed by atoms with van der Waals surface area (Å²) in [6.45, 7) is 2.73. The fourth-order valence-electron chi connectivity index (χ4n) is 1.36. The molecular formula is C12H16Cl2N2O2. The fourth-order valence-corrected chi connectivity index (χ4v) is 1.73. The van der Waals surface area contributed by atoms with Crippen LogP contribution in [-0.2, 0) is 0 Å². The zero-order valence-electron chi connectivity index (χ0n) is 10.0. The molecule has 1 amide bonds. The molecule has 3 N–H and O–H groups in total. The standard InChI is InChI=1S/C12H16Cl2N2O2/c1-2-15-12(18)10-4-3-8(5-11(10)14)16-7-9(17)6-13/h3-5,9,16-17H,2,6-7H2,1H3,(H,15,18). The van der Waals surface area contributed by atoms with Gasteiger partial charge in [-0.3, -0.25) is 4.79 Å². The van der Waals surface area contributed by atoms with Crippen LogP contribution in [0.3, 0.4) is 0 Å². The Kier molecular flexibility index (Phi) is 6.25. The van der Waals surface area contributed by atoms with Gasteiger partial charge in [-0.2, -0.15) is 0 Å². The number of nitrogens with one attached hydrogen (secondary N) is 2. The second-order valence-electron chi connectivity index (χ2n) is 3.74. The number of hydrogen-bond acceptors (Lipinski definition) is 3. The Morgan fingerprint density at radius 2 is 2.22 bits per heavy atom. The van der Waals surface area contributed by atoms with Crippen molar-refractivity contribution in [2.24, 2.45) is 0 Å². The first kappa shape index (κ1) is 15.1. The summed E-state index contributed by atoms with van der Waals surface area (Å²) < 4.78 is 0. The lowest BCUT2D eigenvalue weighted by Gasteiger charge is -2.11. The lowest BCUT2D eigenvalue weighted by molar-refractivity contribution is 0.0956. The van der Waals surface area contributed by atoms with Crippen molar-refractivity contribution in [1.82, 2.24) is 5.32 Å². The van der Waals surface area contributed by atoms with E-state index >= 15 is 0 Å². The third kappa shape index (κ3) is 4.37. The van der Waals surface area contributed by atoms with Crippen LogP contribution < -0.4 is 10.6 Å². The minimum atomic E-state index is -0.617. The number of rotatable bonds is 6. The minimum absolute atomic E-state index is 0.164. The zero-order valence-corrected chi connectivity index (χ0v) is 11.6. The van der Waals surface area contributed by atoms with E-state index in [2.05, 4.69) is 10.6 Å². The van der Waals surface area contributed by atoms with Gasteiger partial charge in [0.1, 0.15) is 0 Å². The maximum atomic E-state index is 11.6. The van der Waals surface area contributed by atoms with Crippen LogP contribution in [0.4, 0.5) is 5.69 Å². The van der Waals surface area contributed by atoms with Crippen molar-refractivity contribution >= 4 is 34.8 Å². The second kappa shape index (κ2) is 7.46. The van der Waals surface area contributed by atoms with E-state index in [1.807, 2.05) is 6.92 Å². The van der Waals surface area contributed by atoms with Crippen LogP contribution >= 0.6 is 23.2 Å². The number of benzene rings is 1. The highest BCUT2D eigenvalue weighted by atomic mass is 35.5. The Morgan fingerprint density at radius 1 is 1.50 bits per heavy atom. The predicted molar refractivity (Wildman–Crippen MR) is 74.7 cm³/mol. The number of anilines is 1. The van der Waals surface area contributed by atoms with Gasteiger partial charge in [-0.25, -0.2) is 0 Å². The molecule has 100 valence electrons. The van der Waals surface area contributed by atoms with Gasteiger partial charge < -0.3 is 15.7 Å². The summed E-state index contributed by atoms with van der Waals surface area (Å²) in [6, 6.07) is 5.02. The molecule has 0 bridgehead atoms. The highest BCUT2D eigenvalue weighted by molar-refractivity contribution is 6.34. The van der Waals surface area contributed by atoms with Gasteiger partial charge in [-0.1, -0.05) is 11.6 Å². The Morgan fingerprint density at radius 3 is 2.78 bits per heavy atom. The molecule has 0 spiro atoms. The number of hydrogen-bond donors (Lipinski definition) is 3. The molecule has 0 aliphatic heterocycles. The number of alkyl halides is 1. The Bertz CT molecular complexity index is 413. The van der Waals surface area contributed by atoms with Crippen LogP contribution in [0.25, 0.3) is 0 Å².